The molecule has 1 unspecified atom stereocenters. The van der Waals surface area contributed by atoms with E-state index in [0.717, 1.165) is 36.8 Å². The fourth-order valence-electron chi connectivity index (χ4n) is 2.92. The monoisotopic (exact) mass is 367 g/mol. The van der Waals surface area contributed by atoms with Crippen molar-refractivity contribution in [2.75, 3.05) is 38.2 Å². The van der Waals surface area contributed by atoms with Gasteiger partial charge >= 0.3 is 0 Å². The van der Waals surface area contributed by atoms with Crippen molar-refractivity contribution in [3.63, 3.8) is 0 Å². The number of guanidine groups is 1. The molecule has 1 aromatic carbocycles. The lowest BCUT2D eigenvalue weighted by Crippen LogP contribution is -2.38. The summed E-state index contributed by atoms with van der Waals surface area (Å²) in [6.45, 7) is 6.11. The van der Waals surface area contributed by atoms with E-state index >= 15 is 0 Å². The molecular weight excluding hydrogens is 338 g/mol. The molecule has 6 nitrogen and oxygen atoms in total. The summed E-state index contributed by atoms with van der Waals surface area (Å²) in [5, 5.41) is 6.52. The third kappa shape index (κ3) is 6.23. The van der Waals surface area contributed by atoms with Gasteiger partial charge in [0.05, 0.1) is 18.6 Å². The highest BCUT2D eigenvalue weighted by Crippen LogP contribution is 2.19. The minimum atomic E-state index is -2.84. The van der Waals surface area contributed by atoms with E-state index in [9.17, 15) is 8.42 Å². The van der Waals surface area contributed by atoms with Gasteiger partial charge in [-0.25, -0.2) is 8.42 Å². The van der Waals surface area contributed by atoms with Crippen LogP contribution in [0.5, 0.6) is 5.75 Å². The maximum atomic E-state index is 11.5. The predicted octanol–water partition coefficient (Wildman–Crippen LogP) is 1.54. The zero-order valence-corrected chi connectivity index (χ0v) is 16.2. The van der Waals surface area contributed by atoms with E-state index in [1.807, 2.05) is 13.8 Å². The Balaban J connectivity index is 1.85. The van der Waals surface area contributed by atoms with Crippen molar-refractivity contribution >= 4 is 15.8 Å². The van der Waals surface area contributed by atoms with Crippen molar-refractivity contribution in [1.82, 2.24) is 10.6 Å². The normalized spacial score (nSPS) is 19.6. The highest BCUT2D eigenvalue weighted by molar-refractivity contribution is 7.91. The lowest BCUT2D eigenvalue weighted by Gasteiger charge is -2.13. The van der Waals surface area contributed by atoms with Crippen molar-refractivity contribution < 1.29 is 13.2 Å². The Hall–Kier alpha value is -1.76. The molecule has 1 aliphatic heterocycles. The number of ether oxygens (including phenoxy) is 1. The quantitative estimate of drug-likeness (QED) is 0.564. The SMILES string of the molecule is CCNC(=NCC1CCS(=O)(=O)C1)NCCc1ccc(C)c(OC)c1. The molecule has 0 spiro atoms. The van der Waals surface area contributed by atoms with Gasteiger partial charge in [0, 0.05) is 19.6 Å². The van der Waals surface area contributed by atoms with E-state index in [-0.39, 0.29) is 11.7 Å². The molecule has 140 valence electrons. The number of hydrogen-bond donors (Lipinski definition) is 2. The first-order valence-electron chi connectivity index (χ1n) is 8.79. The summed E-state index contributed by atoms with van der Waals surface area (Å²) in [5.41, 5.74) is 2.33. The zero-order chi connectivity index (χ0) is 18.3. The van der Waals surface area contributed by atoms with Crippen molar-refractivity contribution in [1.29, 1.82) is 0 Å². The van der Waals surface area contributed by atoms with Gasteiger partial charge in [-0.05, 0) is 49.8 Å². The van der Waals surface area contributed by atoms with Gasteiger partial charge in [-0.1, -0.05) is 12.1 Å². The molecule has 0 saturated carbocycles. The topological polar surface area (TPSA) is 79.8 Å². The van der Waals surface area contributed by atoms with Gasteiger partial charge in [-0.3, -0.25) is 4.99 Å². The number of aryl methyl sites for hydroxylation is 1. The van der Waals surface area contributed by atoms with Crippen LogP contribution < -0.4 is 15.4 Å². The molecule has 1 aromatic rings. The Labute approximate surface area is 151 Å². The first-order valence-corrected chi connectivity index (χ1v) is 10.6. The van der Waals surface area contributed by atoms with E-state index in [2.05, 4.69) is 33.8 Å². The maximum absolute atomic E-state index is 11.5. The van der Waals surface area contributed by atoms with E-state index in [4.69, 9.17) is 4.74 Å². The van der Waals surface area contributed by atoms with Crippen LogP contribution in [0, 0.1) is 12.8 Å². The Morgan fingerprint density at radius 3 is 2.80 bits per heavy atom. The zero-order valence-electron chi connectivity index (χ0n) is 15.3. The number of methoxy groups -OCH3 is 1. The third-order valence-electron chi connectivity index (χ3n) is 4.36. The average molecular weight is 368 g/mol. The number of hydrogen-bond acceptors (Lipinski definition) is 4. The van der Waals surface area contributed by atoms with Crippen LogP contribution >= 0.6 is 0 Å². The molecule has 2 N–H and O–H groups in total. The molecule has 1 fully saturated rings. The van der Waals surface area contributed by atoms with Crippen LogP contribution in [0.3, 0.4) is 0 Å². The van der Waals surface area contributed by atoms with Gasteiger partial charge in [0.2, 0.25) is 0 Å². The number of sulfone groups is 1. The average Bonchev–Trinajstić information content (AvgIpc) is 2.93. The van der Waals surface area contributed by atoms with Gasteiger partial charge < -0.3 is 15.4 Å². The fraction of sp³-hybridized carbons (Fsp3) is 0.611. The van der Waals surface area contributed by atoms with Crippen molar-refractivity contribution in [2.24, 2.45) is 10.9 Å². The lowest BCUT2D eigenvalue weighted by molar-refractivity contribution is 0.411. The number of nitrogens with zero attached hydrogens (tertiary/aromatic N) is 1. The van der Waals surface area contributed by atoms with Crippen LogP contribution in [-0.4, -0.2) is 52.6 Å². The summed E-state index contributed by atoms with van der Waals surface area (Å²) in [4.78, 5) is 4.55. The summed E-state index contributed by atoms with van der Waals surface area (Å²) in [7, 11) is -1.16. The van der Waals surface area contributed by atoms with E-state index < -0.39 is 9.84 Å². The Kier molecular flexibility index (Phi) is 7.11. The lowest BCUT2D eigenvalue weighted by atomic mass is 10.1. The Bertz CT molecular complexity index is 702. The second kappa shape index (κ2) is 9.08. The van der Waals surface area contributed by atoms with Gasteiger partial charge in [-0.2, -0.15) is 0 Å². The minimum absolute atomic E-state index is 0.141. The van der Waals surface area contributed by atoms with Crippen LogP contribution in [-0.2, 0) is 16.3 Å². The largest absolute Gasteiger partial charge is 0.496 e. The predicted molar refractivity (Wildman–Crippen MR) is 102 cm³/mol. The van der Waals surface area contributed by atoms with Crippen LogP contribution in [0.2, 0.25) is 0 Å². The Morgan fingerprint density at radius 1 is 1.36 bits per heavy atom. The summed E-state index contributed by atoms with van der Waals surface area (Å²) >= 11 is 0. The van der Waals surface area contributed by atoms with Gasteiger partial charge in [-0.15, -0.1) is 0 Å². The van der Waals surface area contributed by atoms with Crippen LogP contribution in [0.4, 0.5) is 0 Å². The number of rotatable bonds is 7. The van der Waals surface area contributed by atoms with E-state index in [0.29, 0.717) is 18.7 Å². The van der Waals surface area contributed by atoms with Crippen LogP contribution in [0.15, 0.2) is 23.2 Å². The van der Waals surface area contributed by atoms with Gasteiger partial charge in [0.1, 0.15) is 5.75 Å². The number of nitrogens with one attached hydrogen (secondary N) is 2. The number of aliphatic imine (C=N–C) groups is 1. The van der Waals surface area contributed by atoms with Crippen molar-refractivity contribution in [3.05, 3.63) is 29.3 Å². The third-order valence-corrected chi connectivity index (χ3v) is 6.19. The number of benzene rings is 1. The molecule has 0 radical (unpaired) electrons. The minimum Gasteiger partial charge on any atom is -0.496 e. The van der Waals surface area contributed by atoms with E-state index in [1.165, 1.54) is 5.56 Å². The van der Waals surface area contributed by atoms with Crippen molar-refractivity contribution in [2.45, 2.75) is 26.7 Å². The molecule has 1 aliphatic rings. The summed E-state index contributed by atoms with van der Waals surface area (Å²) < 4.78 is 28.4. The van der Waals surface area contributed by atoms with Crippen molar-refractivity contribution in [3.8, 4) is 5.75 Å². The molecule has 0 aromatic heterocycles. The molecule has 1 saturated heterocycles. The molecule has 0 amide bonds. The second-order valence-corrected chi connectivity index (χ2v) is 8.70. The molecule has 0 bridgehead atoms. The smallest absolute Gasteiger partial charge is 0.191 e. The van der Waals surface area contributed by atoms with Crippen LogP contribution in [0.25, 0.3) is 0 Å². The molecule has 2 rings (SSSR count). The summed E-state index contributed by atoms with van der Waals surface area (Å²) in [6, 6.07) is 6.23. The Morgan fingerprint density at radius 2 is 2.16 bits per heavy atom. The van der Waals surface area contributed by atoms with Crippen LogP contribution in [0.1, 0.15) is 24.5 Å². The highest BCUT2D eigenvalue weighted by Gasteiger charge is 2.27. The van der Waals surface area contributed by atoms with E-state index in [1.54, 1.807) is 7.11 Å². The molecule has 25 heavy (non-hydrogen) atoms. The molecule has 0 aliphatic carbocycles. The summed E-state index contributed by atoms with van der Waals surface area (Å²) in [6.07, 6.45) is 1.58. The first-order chi connectivity index (χ1) is 11.9. The second-order valence-electron chi connectivity index (χ2n) is 6.47. The molecule has 1 heterocycles. The molecule has 1 atom stereocenters. The van der Waals surface area contributed by atoms with Gasteiger partial charge in [0.25, 0.3) is 0 Å². The molecular formula is C18H29N3O3S. The highest BCUT2D eigenvalue weighted by atomic mass is 32.2. The molecule has 7 heteroatoms. The maximum Gasteiger partial charge on any atom is 0.191 e. The first kappa shape index (κ1) is 19.6. The standard InChI is InChI=1S/C18H29N3O3S/c1-4-19-18(21-12-16-8-10-25(22,23)13-16)20-9-7-15-6-5-14(2)17(11-15)24-3/h5-6,11,16H,4,7-10,12-13H2,1-3H3,(H2,19,20,21). The van der Waals surface area contributed by atoms with Gasteiger partial charge in [0.15, 0.2) is 15.8 Å². The summed E-state index contributed by atoms with van der Waals surface area (Å²) in [5.74, 6) is 2.35. The fourth-order valence-corrected chi connectivity index (χ4v) is 4.77.